The van der Waals surface area contributed by atoms with Crippen molar-refractivity contribution in [1.29, 1.82) is 0 Å². The Kier molecular flexibility index (Phi) is 3.88. The van der Waals surface area contributed by atoms with E-state index >= 15 is 0 Å². The van der Waals surface area contributed by atoms with Gasteiger partial charge in [-0.2, -0.15) is 0 Å². The van der Waals surface area contributed by atoms with Crippen LogP contribution in [0.25, 0.3) is 0 Å². The summed E-state index contributed by atoms with van der Waals surface area (Å²) >= 11 is 0. The SMILES string of the molecule is CC(NCC1(N(C)C)CCC1)C1CCOC1. The monoisotopic (exact) mass is 226 g/mol. The molecule has 2 unspecified atom stereocenters. The summed E-state index contributed by atoms with van der Waals surface area (Å²) in [7, 11) is 4.42. The molecule has 0 aromatic heterocycles. The smallest absolute Gasteiger partial charge is 0.0509 e. The van der Waals surface area contributed by atoms with Crippen molar-refractivity contribution < 1.29 is 4.74 Å². The summed E-state index contributed by atoms with van der Waals surface area (Å²) in [6.45, 7) is 5.34. The zero-order chi connectivity index (χ0) is 11.6. The lowest BCUT2D eigenvalue weighted by Crippen LogP contribution is -2.58. The number of hydrogen-bond acceptors (Lipinski definition) is 3. The molecule has 0 aromatic carbocycles. The third-order valence-electron chi connectivity index (χ3n) is 4.66. The van der Waals surface area contributed by atoms with E-state index in [0.29, 0.717) is 11.6 Å². The molecule has 0 aromatic rings. The third-order valence-corrected chi connectivity index (χ3v) is 4.66. The van der Waals surface area contributed by atoms with Gasteiger partial charge in [0.15, 0.2) is 0 Å². The molecule has 0 amide bonds. The quantitative estimate of drug-likeness (QED) is 0.768. The van der Waals surface area contributed by atoms with Crippen LogP contribution in [0.15, 0.2) is 0 Å². The predicted octanol–water partition coefficient (Wildman–Crippen LogP) is 1.49. The Morgan fingerprint density at radius 3 is 2.62 bits per heavy atom. The van der Waals surface area contributed by atoms with E-state index in [1.807, 2.05) is 0 Å². The van der Waals surface area contributed by atoms with Crippen LogP contribution >= 0.6 is 0 Å². The molecule has 0 spiro atoms. The van der Waals surface area contributed by atoms with Gasteiger partial charge in [0.05, 0.1) is 6.61 Å². The van der Waals surface area contributed by atoms with Crippen molar-refractivity contribution in [2.24, 2.45) is 5.92 Å². The van der Waals surface area contributed by atoms with Crippen molar-refractivity contribution in [3.05, 3.63) is 0 Å². The molecule has 2 fully saturated rings. The van der Waals surface area contributed by atoms with Gasteiger partial charge >= 0.3 is 0 Å². The second-order valence-electron chi connectivity index (χ2n) is 5.77. The zero-order valence-electron chi connectivity index (χ0n) is 11.0. The molecule has 1 aliphatic carbocycles. The average Bonchev–Trinajstić information content (AvgIpc) is 2.67. The molecule has 16 heavy (non-hydrogen) atoms. The van der Waals surface area contributed by atoms with Crippen LogP contribution in [0.3, 0.4) is 0 Å². The maximum Gasteiger partial charge on any atom is 0.0509 e. The van der Waals surface area contributed by atoms with E-state index in [1.165, 1.54) is 25.7 Å². The highest BCUT2D eigenvalue weighted by Gasteiger charge is 2.39. The first-order chi connectivity index (χ1) is 7.64. The number of nitrogens with one attached hydrogen (secondary N) is 1. The van der Waals surface area contributed by atoms with Gasteiger partial charge in [-0.15, -0.1) is 0 Å². The molecule has 1 saturated carbocycles. The minimum Gasteiger partial charge on any atom is -0.381 e. The molecule has 3 nitrogen and oxygen atoms in total. The van der Waals surface area contributed by atoms with Crippen molar-refractivity contribution in [3.63, 3.8) is 0 Å². The number of likely N-dealkylation sites (N-methyl/N-ethyl adjacent to an activating group) is 1. The van der Waals surface area contributed by atoms with Crippen molar-refractivity contribution in [2.45, 2.75) is 44.2 Å². The Labute approximate surface area is 99.5 Å². The Balaban J connectivity index is 1.77. The summed E-state index contributed by atoms with van der Waals surface area (Å²) in [5, 5.41) is 3.73. The van der Waals surface area contributed by atoms with E-state index in [-0.39, 0.29) is 0 Å². The highest BCUT2D eigenvalue weighted by atomic mass is 16.5. The first kappa shape index (κ1) is 12.3. The van der Waals surface area contributed by atoms with Crippen LogP contribution in [0.2, 0.25) is 0 Å². The fraction of sp³-hybridized carbons (Fsp3) is 1.00. The van der Waals surface area contributed by atoms with Gasteiger partial charge in [-0.25, -0.2) is 0 Å². The standard InChI is InChI=1S/C13H26N2O/c1-11(12-5-8-16-9-12)14-10-13(15(2)3)6-4-7-13/h11-12,14H,4-10H2,1-3H3. The van der Waals surface area contributed by atoms with E-state index in [1.54, 1.807) is 0 Å². The van der Waals surface area contributed by atoms with Gasteiger partial charge in [0.2, 0.25) is 0 Å². The minimum atomic E-state index is 0.438. The van der Waals surface area contributed by atoms with E-state index in [0.717, 1.165) is 25.7 Å². The summed E-state index contributed by atoms with van der Waals surface area (Å²) in [6.07, 6.45) is 5.31. The second kappa shape index (κ2) is 5.03. The molecular weight excluding hydrogens is 200 g/mol. The van der Waals surface area contributed by atoms with Gasteiger partial charge in [-0.3, -0.25) is 0 Å². The molecule has 0 radical (unpaired) electrons. The number of hydrogen-bond donors (Lipinski definition) is 1. The van der Waals surface area contributed by atoms with E-state index in [2.05, 4.69) is 31.2 Å². The first-order valence-corrected chi connectivity index (χ1v) is 6.63. The highest BCUT2D eigenvalue weighted by Crippen LogP contribution is 2.35. The van der Waals surface area contributed by atoms with Crippen LogP contribution < -0.4 is 5.32 Å². The molecule has 1 N–H and O–H groups in total. The molecule has 1 aliphatic heterocycles. The van der Waals surface area contributed by atoms with Crippen molar-refractivity contribution in [2.75, 3.05) is 33.9 Å². The van der Waals surface area contributed by atoms with E-state index < -0.39 is 0 Å². The van der Waals surface area contributed by atoms with Crippen molar-refractivity contribution >= 4 is 0 Å². The Morgan fingerprint density at radius 2 is 2.19 bits per heavy atom. The molecule has 1 heterocycles. The molecular formula is C13H26N2O. The first-order valence-electron chi connectivity index (χ1n) is 6.63. The van der Waals surface area contributed by atoms with Gasteiger partial charge in [0.1, 0.15) is 0 Å². The van der Waals surface area contributed by atoms with Crippen LogP contribution in [0.4, 0.5) is 0 Å². The van der Waals surface area contributed by atoms with Gasteiger partial charge in [-0.05, 0) is 52.6 Å². The lowest BCUT2D eigenvalue weighted by atomic mass is 9.75. The van der Waals surface area contributed by atoms with Gasteiger partial charge in [0.25, 0.3) is 0 Å². The van der Waals surface area contributed by atoms with Crippen LogP contribution in [0, 0.1) is 5.92 Å². The number of ether oxygens (including phenoxy) is 1. The normalized spacial score (nSPS) is 30.4. The van der Waals surface area contributed by atoms with Crippen LogP contribution in [-0.4, -0.2) is 50.3 Å². The van der Waals surface area contributed by atoms with Crippen molar-refractivity contribution in [3.8, 4) is 0 Å². The summed E-state index contributed by atoms with van der Waals surface area (Å²) in [5.41, 5.74) is 0.438. The molecule has 2 atom stereocenters. The fourth-order valence-electron chi connectivity index (χ4n) is 2.83. The zero-order valence-corrected chi connectivity index (χ0v) is 11.0. The molecule has 0 bridgehead atoms. The largest absolute Gasteiger partial charge is 0.381 e. The Hall–Kier alpha value is -0.120. The van der Waals surface area contributed by atoms with Gasteiger partial charge < -0.3 is 15.0 Å². The van der Waals surface area contributed by atoms with Gasteiger partial charge in [-0.1, -0.05) is 0 Å². The van der Waals surface area contributed by atoms with Crippen LogP contribution in [0.1, 0.15) is 32.6 Å². The van der Waals surface area contributed by atoms with E-state index in [9.17, 15) is 0 Å². The van der Waals surface area contributed by atoms with Crippen LogP contribution in [0.5, 0.6) is 0 Å². The number of nitrogens with zero attached hydrogens (tertiary/aromatic N) is 1. The van der Waals surface area contributed by atoms with E-state index in [4.69, 9.17) is 4.74 Å². The lowest BCUT2D eigenvalue weighted by Gasteiger charge is -2.48. The second-order valence-corrected chi connectivity index (χ2v) is 5.77. The van der Waals surface area contributed by atoms with Crippen molar-refractivity contribution in [1.82, 2.24) is 10.2 Å². The third kappa shape index (κ3) is 2.41. The maximum absolute atomic E-state index is 5.45. The average molecular weight is 226 g/mol. The summed E-state index contributed by atoms with van der Waals surface area (Å²) in [6, 6.07) is 0.597. The highest BCUT2D eigenvalue weighted by molar-refractivity contribution is 4.98. The molecule has 3 heteroatoms. The topological polar surface area (TPSA) is 24.5 Å². The number of rotatable bonds is 5. The Bertz CT molecular complexity index is 220. The lowest BCUT2D eigenvalue weighted by molar-refractivity contribution is 0.0549. The summed E-state index contributed by atoms with van der Waals surface area (Å²) in [4.78, 5) is 2.40. The molecule has 2 aliphatic rings. The summed E-state index contributed by atoms with van der Waals surface area (Å²) in [5.74, 6) is 0.722. The fourth-order valence-corrected chi connectivity index (χ4v) is 2.83. The summed E-state index contributed by atoms with van der Waals surface area (Å²) < 4.78 is 5.45. The molecule has 94 valence electrons. The minimum absolute atomic E-state index is 0.438. The van der Waals surface area contributed by atoms with Crippen LogP contribution in [-0.2, 0) is 4.74 Å². The van der Waals surface area contributed by atoms with Gasteiger partial charge in [0, 0.05) is 24.7 Å². The molecule has 2 rings (SSSR count). The molecule has 1 saturated heterocycles. The maximum atomic E-state index is 5.45. The predicted molar refractivity (Wildman–Crippen MR) is 66.7 cm³/mol. The Morgan fingerprint density at radius 1 is 1.44 bits per heavy atom.